The standard InChI is InChI=1S/C17H22N2O/c1-2-13-5-4-11-19(12-9-13)17(20)15-7-3-6-14-8-10-18-16(14)15/h3,6-8,10,13,18H,2,4-5,9,11-12H2,1H3. The molecule has 0 spiro atoms. The van der Waals surface area contributed by atoms with Crippen molar-refractivity contribution in [2.45, 2.75) is 32.6 Å². The van der Waals surface area contributed by atoms with Crippen molar-refractivity contribution in [3.8, 4) is 0 Å². The Balaban J connectivity index is 1.83. The van der Waals surface area contributed by atoms with Gasteiger partial charge in [0.25, 0.3) is 5.91 Å². The number of aromatic amines is 1. The van der Waals surface area contributed by atoms with E-state index < -0.39 is 0 Å². The van der Waals surface area contributed by atoms with E-state index in [4.69, 9.17) is 0 Å². The number of nitrogens with one attached hydrogen (secondary N) is 1. The summed E-state index contributed by atoms with van der Waals surface area (Å²) in [4.78, 5) is 18.0. The monoisotopic (exact) mass is 270 g/mol. The molecule has 1 aromatic carbocycles. The zero-order valence-corrected chi connectivity index (χ0v) is 12.1. The Bertz CT molecular complexity index is 602. The maximum absolute atomic E-state index is 12.8. The van der Waals surface area contributed by atoms with Crippen molar-refractivity contribution < 1.29 is 4.79 Å². The van der Waals surface area contributed by atoms with Crippen LogP contribution in [0, 0.1) is 5.92 Å². The Kier molecular flexibility index (Phi) is 3.77. The summed E-state index contributed by atoms with van der Waals surface area (Å²) in [6, 6.07) is 7.96. The van der Waals surface area contributed by atoms with Gasteiger partial charge in [-0.25, -0.2) is 0 Å². The second kappa shape index (κ2) is 5.70. The molecule has 2 heterocycles. The minimum absolute atomic E-state index is 0.176. The first-order valence-electron chi connectivity index (χ1n) is 7.65. The number of H-pyrrole nitrogens is 1. The minimum Gasteiger partial charge on any atom is -0.361 e. The van der Waals surface area contributed by atoms with Gasteiger partial charge in [0.1, 0.15) is 0 Å². The Morgan fingerprint density at radius 3 is 3.05 bits per heavy atom. The summed E-state index contributed by atoms with van der Waals surface area (Å²) in [7, 11) is 0. The number of hydrogen-bond acceptors (Lipinski definition) is 1. The molecule has 1 N–H and O–H groups in total. The molecular weight excluding hydrogens is 248 g/mol. The molecule has 0 saturated carbocycles. The first-order chi connectivity index (χ1) is 9.79. The van der Waals surface area contributed by atoms with E-state index in [1.54, 1.807) is 0 Å². The van der Waals surface area contributed by atoms with Crippen molar-refractivity contribution in [3.63, 3.8) is 0 Å². The van der Waals surface area contributed by atoms with Crippen LogP contribution in [0.3, 0.4) is 0 Å². The predicted molar refractivity (Wildman–Crippen MR) is 81.8 cm³/mol. The van der Waals surface area contributed by atoms with Gasteiger partial charge >= 0.3 is 0 Å². The van der Waals surface area contributed by atoms with Crippen molar-refractivity contribution in [2.75, 3.05) is 13.1 Å². The number of para-hydroxylation sites is 1. The number of nitrogens with zero attached hydrogens (tertiary/aromatic N) is 1. The largest absolute Gasteiger partial charge is 0.361 e. The van der Waals surface area contributed by atoms with Crippen molar-refractivity contribution in [3.05, 3.63) is 36.0 Å². The van der Waals surface area contributed by atoms with Gasteiger partial charge in [-0.1, -0.05) is 25.5 Å². The highest BCUT2D eigenvalue weighted by Gasteiger charge is 2.22. The summed E-state index contributed by atoms with van der Waals surface area (Å²) < 4.78 is 0. The summed E-state index contributed by atoms with van der Waals surface area (Å²) in [5, 5.41) is 1.11. The van der Waals surface area contributed by atoms with Crippen LogP contribution in [0.1, 0.15) is 43.0 Å². The van der Waals surface area contributed by atoms with Gasteiger partial charge in [0.15, 0.2) is 0 Å². The van der Waals surface area contributed by atoms with Gasteiger partial charge in [0.2, 0.25) is 0 Å². The zero-order chi connectivity index (χ0) is 13.9. The second-order valence-corrected chi connectivity index (χ2v) is 5.74. The SMILES string of the molecule is CCC1CCCN(C(=O)c2cccc3cc[nH]c23)CC1. The molecule has 1 saturated heterocycles. The maximum Gasteiger partial charge on any atom is 0.255 e. The van der Waals surface area contributed by atoms with Gasteiger partial charge in [0.05, 0.1) is 11.1 Å². The fourth-order valence-corrected chi connectivity index (χ4v) is 3.21. The number of carbonyl (C=O) groups excluding carboxylic acids is 1. The third-order valence-electron chi connectivity index (χ3n) is 4.53. The molecule has 0 radical (unpaired) electrons. The highest BCUT2D eigenvalue weighted by molar-refractivity contribution is 6.05. The number of hydrogen-bond donors (Lipinski definition) is 1. The molecule has 1 unspecified atom stereocenters. The maximum atomic E-state index is 12.8. The van der Waals surface area contributed by atoms with E-state index >= 15 is 0 Å². The van der Waals surface area contributed by atoms with Gasteiger partial charge < -0.3 is 9.88 Å². The highest BCUT2D eigenvalue weighted by atomic mass is 16.2. The second-order valence-electron chi connectivity index (χ2n) is 5.74. The van der Waals surface area contributed by atoms with Crippen molar-refractivity contribution >= 4 is 16.8 Å². The summed E-state index contributed by atoms with van der Waals surface area (Å²) in [6.07, 6.45) is 6.66. The zero-order valence-electron chi connectivity index (χ0n) is 12.1. The summed E-state index contributed by atoms with van der Waals surface area (Å²) in [5.74, 6) is 0.962. The summed E-state index contributed by atoms with van der Waals surface area (Å²) in [6.45, 7) is 4.04. The molecule has 1 amide bonds. The predicted octanol–water partition coefficient (Wildman–Crippen LogP) is 3.82. The first kappa shape index (κ1) is 13.2. The molecule has 20 heavy (non-hydrogen) atoms. The van der Waals surface area contributed by atoms with Crippen LogP contribution < -0.4 is 0 Å². The number of benzene rings is 1. The summed E-state index contributed by atoms with van der Waals surface area (Å²) >= 11 is 0. The van der Waals surface area contributed by atoms with Crippen LogP contribution in [-0.4, -0.2) is 28.9 Å². The number of rotatable bonds is 2. The Morgan fingerprint density at radius 2 is 2.20 bits per heavy atom. The Hall–Kier alpha value is -1.77. The van der Waals surface area contributed by atoms with Crippen LogP contribution in [-0.2, 0) is 0 Å². The Labute approximate surface area is 120 Å². The normalized spacial score (nSPS) is 20.1. The fourth-order valence-electron chi connectivity index (χ4n) is 3.21. The molecule has 1 atom stereocenters. The smallest absolute Gasteiger partial charge is 0.255 e. The van der Waals surface area contributed by atoms with E-state index in [0.29, 0.717) is 0 Å². The molecule has 3 nitrogen and oxygen atoms in total. The first-order valence-corrected chi connectivity index (χ1v) is 7.65. The lowest BCUT2D eigenvalue weighted by Gasteiger charge is -2.21. The van der Waals surface area contributed by atoms with E-state index in [1.165, 1.54) is 12.8 Å². The quantitative estimate of drug-likeness (QED) is 0.884. The lowest BCUT2D eigenvalue weighted by Crippen LogP contribution is -2.32. The molecule has 0 aliphatic carbocycles. The van der Waals surface area contributed by atoms with Crippen LogP contribution in [0.5, 0.6) is 0 Å². The van der Waals surface area contributed by atoms with Gasteiger partial charge in [-0.05, 0) is 37.3 Å². The molecule has 1 fully saturated rings. The molecule has 3 rings (SSSR count). The molecule has 1 aliphatic heterocycles. The lowest BCUT2D eigenvalue weighted by atomic mass is 9.98. The van der Waals surface area contributed by atoms with Crippen molar-refractivity contribution in [1.82, 2.24) is 9.88 Å². The average molecular weight is 270 g/mol. The molecular formula is C17H22N2O. The van der Waals surface area contributed by atoms with Crippen molar-refractivity contribution in [1.29, 1.82) is 0 Å². The van der Waals surface area contributed by atoms with Crippen LogP contribution in [0.2, 0.25) is 0 Å². The van der Waals surface area contributed by atoms with E-state index in [0.717, 1.165) is 48.3 Å². The highest BCUT2D eigenvalue weighted by Crippen LogP contribution is 2.23. The fraction of sp³-hybridized carbons (Fsp3) is 0.471. The van der Waals surface area contributed by atoms with Crippen LogP contribution >= 0.6 is 0 Å². The minimum atomic E-state index is 0.176. The summed E-state index contributed by atoms with van der Waals surface area (Å²) in [5.41, 5.74) is 1.77. The number of fused-ring (bicyclic) bond motifs is 1. The topological polar surface area (TPSA) is 36.1 Å². The van der Waals surface area contributed by atoms with E-state index in [2.05, 4.69) is 11.9 Å². The van der Waals surface area contributed by atoms with Gasteiger partial charge in [-0.3, -0.25) is 4.79 Å². The van der Waals surface area contributed by atoms with Crippen molar-refractivity contribution in [2.24, 2.45) is 5.92 Å². The van der Waals surface area contributed by atoms with Gasteiger partial charge in [0, 0.05) is 24.7 Å². The van der Waals surface area contributed by atoms with Gasteiger partial charge in [-0.15, -0.1) is 0 Å². The van der Waals surface area contributed by atoms with Gasteiger partial charge in [-0.2, -0.15) is 0 Å². The lowest BCUT2D eigenvalue weighted by molar-refractivity contribution is 0.0761. The third kappa shape index (κ3) is 2.45. The van der Waals surface area contributed by atoms with E-state index in [1.807, 2.05) is 35.4 Å². The molecule has 1 aliphatic rings. The number of carbonyl (C=O) groups is 1. The average Bonchev–Trinajstić information content (AvgIpc) is 2.83. The van der Waals surface area contributed by atoms with E-state index in [-0.39, 0.29) is 5.91 Å². The molecule has 1 aromatic heterocycles. The molecule has 3 heteroatoms. The number of aromatic nitrogens is 1. The molecule has 2 aromatic rings. The Morgan fingerprint density at radius 1 is 1.30 bits per heavy atom. The van der Waals surface area contributed by atoms with Crippen LogP contribution in [0.15, 0.2) is 30.5 Å². The van der Waals surface area contributed by atoms with E-state index in [9.17, 15) is 4.79 Å². The molecule has 106 valence electrons. The van der Waals surface area contributed by atoms with Crippen LogP contribution in [0.4, 0.5) is 0 Å². The molecule has 0 bridgehead atoms. The number of amides is 1. The van der Waals surface area contributed by atoms with Crippen LogP contribution in [0.25, 0.3) is 10.9 Å². The third-order valence-corrected chi connectivity index (χ3v) is 4.53. The number of likely N-dealkylation sites (tertiary alicyclic amines) is 1.